The van der Waals surface area contributed by atoms with Crippen molar-refractivity contribution in [3.63, 3.8) is 0 Å². The fourth-order valence-corrected chi connectivity index (χ4v) is 3.20. The molecule has 0 atom stereocenters. The van der Waals surface area contributed by atoms with E-state index in [1.807, 2.05) is 12.1 Å². The molecule has 146 valence electrons. The van der Waals surface area contributed by atoms with E-state index < -0.39 is 11.9 Å². The van der Waals surface area contributed by atoms with Gasteiger partial charge in [-0.05, 0) is 37.1 Å². The van der Waals surface area contributed by atoms with Crippen molar-refractivity contribution in [3.05, 3.63) is 71.8 Å². The summed E-state index contributed by atoms with van der Waals surface area (Å²) >= 11 is 0. The number of carbonyl (C=O) groups excluding carboxylic acids is 2. The van der Waals surface area contributed by atoms with Gasteiger partial charge in [0.25, 0.3) is 0 Å². The van der Waals surface area contributed by atoms with E-state index >= 15 is 0 Å². The van der Waals surface area contributed by atoms with Crippen molar-refractivity contribution in [2.45, 2.75) is 38.1 Å². The molecular formula is C23H25NO4. The van der Waals surface area contributed by atoms with Crippen LogP contribution in [0.1, 0.15) is 52.8 Å². The molecule has 2 aromatic carbocycles. The minimum Gasteiger partial charge on any atom is -0.456 e. The number of nitrogens with zero attached hydrogens (tertiary/aromatic N) is 1. The van der Waals surface area contributed by atoms with E-state index in [0.29, 0.717) is 16.8 Å². The minimum absolute atomic E-state index is 0.0201. The molecule has 0 heterocycles. The van der Waals surface area contributed by atoms with Crippen LogP contribution in [0.25, 0.3) is 0 Å². The maximum Gasteiger partial charge on any atom is 0.338 e. The molecule has 0 saturated heterocycles. The molecule has 0 N–H and O–H groups in total. The first-order valence-corrected chi connectivity index (χ1v) is 9.72. The quantitative estimate of drug-likeness (QED) is 0.526. The van der Waals surface area contributed by atoms with Crippen LogP contribution in [0.15, 0.2) is 65.7 Å². The Labute approximate surface area is 165 Å². The van der Waals surface area contributed by atoms with Gasteiger partial charge in [0.2, 0.25) is 0 Å². The Kier molecular flexibility index (Phi) is 7.36. The summed E-state index contributed by atoms with van der Waals surface area (Å²) in [6.07, 6.45) is 5.56. The summed E-state index contributed by atoms with van der Waals surface area (Å²) in [5.41, 5.74) is 1.56. The molecule has 0 aromatic heterocycles. The van der Waals surface area contributed by atoms with E-state index in [2.05, 4.69) is 0 Å². The van der Waals surface area contributed by atoms with Gasteiger partial charge >= 0.3 is 11.9 Å². The summed E-state index contributed by atoms with van der Waals surface area (Å²) in [6, 6.07) is 17.9. The van der Waals surface area contributed by atoms with Crippen LogP contribution < -0.4 is 0 Å². The first-order valence-electron chi connectivity index (χ1n) is 9.72. The standard InChI is InChI=1S/C23H25NO4/c25-22(18-10-4-1-5-11-18)27-16-21(24-20-14-8-3-9-15-20)17-28-23(26)19-12-6-2-7-13-19/h1-2,4-7,10-13,20H,3,8-9,14-17H2. The van der Waals surface area contributed by atoms with Crippen molar-refractivity contribution in [3.8, 4) is 0 Å². The summed E-state index contributed by atoms with van der Waals surface area (Å²) in [6.45, 7) is 0.0403. The second kappa shape index (κ2) is 10.4. The summed E-state index contributed by atoms with van der Waals surface area (Å²) in [4.78, 5) is 29.2. The van der Waals surface area contributed by atoms with Crippen LogP contribution in [0.2, 0.25) is 0 Å². The van der Waals surface area contributed by atoms with Gasteiger partial charge in [-0.2, -0.15) is 0 Å². The lowest BCUT2D eigenvalue weighted by Crippen LogP contribution is -2.24. The lowest BCUT2D eigenvalue weighted by Gasteiger charge is -2.19. The fourth-order valence-electron chi connectivity index (χ4n) is 3.20. The molecule has 5 heteroatoms. The Hall–Kier alpha value is -2.95. The van der Waals surface area contributed by atoms with Crippen LogP contribution in [0.5, 0.6) is 0 Å². The van der Waals surface area contributed by atoms with Crippen LogP contribution in [-0.2, 0) is 9.47 Å². The van der Waals surface area contributed by atoms with Gasteiger partial charge < -0.3 is 9.47 Å². The number of carbonyl (C=O) groups is 2. The third kappa shape index (κ3) is 6.05. The van der Waals surface area contributed by atoms with Crippen molar-refractivity contribution in [2.24, 2.45) is 4.99 Å². The second-order valence-corrected chi connectivity index (χ2v) is 6.87. The summed E-state index contributed by atoms with van der Waals surface area (Å²) < 4.78 is 10.8. The monoisotopic (exact) mass is 379 g/mol. The zero-order chi connectivity index (χ0) is 19.6. The van der Waals surface area contributed by atoms with Crippen LogP contribution in [0, 0.1) is 0 Å². The fraction of sp³-hybridized carbons (Fsp3) is 0.348. The zero-order valence-electron chi connectivity index (χ0n) is 15.9. The second-order valence-electron chi connectivity index (χ2n) is 6.87. The van der Waals surface area contributed by atoms with Gasteiger partial charge in [0.15, 0.2) is 0 Å². The van der Waals surface area contributed by atoms with Crippen molar-refractivity contribution in [1.29, 1.82) is 0 Å². The van der Waals surface area contributed by atoms with E-state index in [0.717, 1.165) is 25.7 Å². The van der Waals surface area contributed by atoms with Crippen molar-refractivity contribution in [2.75, 3.05) is 13.2 Å². The highest BCUT2D eigenvalue weighted by Gasteiger charge is 2.16. The van der Waals surface area contributed by atoms with E-state index in [-0.39, 0.29) is 19.3 Å². The third-order valence-electron chi connectivity index (χ3n) is 4.70. The molecule has 2 aromatic rings. The number of benzene rings is 2. The molecule has 1 fully saturated rings. The molecule has 0 radical (unpaired) electrons. The number of hydrogen-bond donors (Lipinski definition) is 0. The van der Waals surface area contributed by atoms with Gasteiger partial charge in [-0.15, -0.1) is 0 Å². The molecule has 3 rings (SSSR count). The molecule has 0 amide bonds. The van der Waals surface area contributed by atoms with Gasteiger partial charge in [0.05, 0.1) is 22.9 Å². The summed E-state index contributed by atoms with van der Waals surface area (Å²) in [5, 5.41) is 0. The van der Waals surface area contributed by atoms with Gasteiger partial charge in [-0.25, -0.2) is 9.59 Å². The number of esters is 2. The van der Waals surface area contributed by atoms with E-state index in [4.69, 9.17) is 14.5 Å². The minimum atomic E-state index is -0.411. The maximum atomic E-state index is 12.2. The summed E-state index contributed by atoms with van der Waals surface area (Å²) in [5.74, 6) is -0.822. The predicted molar refractivity (Wildman–Crippen MR) is 108 cm³/mol. The molecule has 0 unspecified atom stereocenters. The predicted octanol–water partition coefficient (Wildman–Crippen LogP) is 4.47. The highest BCUT2D eigenvalue weighted by Crippen LogP contribution is 2.20. The van der Waals surface area contributed by atoms with Crippen LogP contribution in [0.4, 0.5) is 0 Å². The molecule has 1 aliphatic carbocycles. The lowest BCUT2D eigenvalue weighted by molar-refractivity contribution is 0.0529. The Bertz CT molecular complexity index is 738. The molecule has 28 heavy (non-hydrogen) atoms. The Morgan fingerprint density at radius 2 is 1.21 bits per heavy atom. The molecule has 0 aliphatic heterocycles. The Morgan fingerprint density at radius 3 is 1.68 bits per heavy atom. The van der Waals surface area contributed by atoms with E-state index in [1.165, 1.54) is 6.42 Å². The Morgan fingerprint density at radius 1 is 0.750 bits per heavy atom. The molecule has 1 aliphatic rings. The maximum absolute atomic E-state index is 12.2. The lowest BCUT2D eigenvalue weighted by atomic mass is 9.96. The number of rotatable bonds is 7. The highest BCUT2D eigenvalue weighted by molar-refractivity contribution is 5.95. The Balaban J connectivity index is 1.62. The summed E-state index contributed by atoms with van der Waals surface area (Å²) in [7, 11) is 0. The topological polar surface area (TPSA) is 65.0 Å². The van der Waals surface area contributed by atoms with Gasteiger partial charge in [-0.3, -0.25) is 4.99 Å². The van der Waals surface area contributed by atoms with Crippen molar-refractivity contribution < 1.29 is 19.1 Å². The third-order valence-corrected chi connectivity index (χ3v) is 4.70. The first-order chi connectivity index (χ1) is 13.7. The van der Waals surface area contributed by atoms with Crippen molar-refractivity contribution >= 4 is 17.7 Å². The highest BCUT2D eigenvalue weighted by atomic mass is 16.5. The largest absolute Gasteiger partial charge is 0.456 e. The average Bonchev–Trinajstić information content (AvgIpc) is 2.77. The van der Waals surface area contributed by atoms with Crippen LogP contribution >= 0.6 is 0 Å². The molecule has 0 bridgehead atoms. The normalized spacial score (nSPS) is 14.1. The number of aliphatic imine (C=N–C) groups is 1. The van der Waals surface area contributed by atoms with Crippen LogP contribution in [-0.4, -0.2) is 36.9 Å². The van der Waals surface area contributed by atoms with Crippen molar-refractivity contribution in [1.82, 2.24) is 0 Å². The van der Waals surface area contributed by atoms with E-state index in [9.17, 15) is 9.59 Å². The molecule has 5 nitrogen and oxygen atoms in total. The van der Waals surface area contributed by atoms with Gasteiger partial charge in [-0.1, -0.05) is 55.7 Å². The molecule has 1 saturated carbocycles. The number of ether oxygens (including phenoxy) is 2. The zero-order valence-corrected chi connectivity index (χ0v) is 15.9. The van der Waals surface area contributed by atoms with Gasteiger partial charge in [0, 0.05) is 0 Å². The average molecular weight is 379 g/mol. The van der Waals surface area contributed by atoms with E-state index in [1.54, 1.807) is 48.5 Å². The molecular weight excluding hydrogens is 354 g/mol. The molecule has 0 spiro atoms. The first kappa shape index (κ1) is 19.8. The van der Waals surface area contributed by atoms with Gasteiger partial charge in [0.1, 0.15) is 13.2 Å². The SMILES string of the molecule is O=C(OCC(COC(=O)c1ccccc1)=NC1CCCCC1)c1ccccc1. The smallest absolute Gasteiger partial charge is 0.338 e. The number of hydrogen-bond acceptors (Lipinski definition) is 5. The van der Waals surface area contributed by atoms with Crippen LogP contribution in [0.3, 0.4) is 0 Å².